The minimum absolute atomic E-state index is 0.106. The summed E-state index contributed by atoms with van der Waals surface area (Å²) >= 11 is 0. The van der Waals surface area contributed by atoms with Crippen molar-refractivity contribution in [2.75, 3.05) is 5.32 Å². The van der Waals surface area contributed by atoms with Crippen molar-refractivity contribution in [1.29, 1.82) is 0 Å². The Hall–Kier alpha value is -3.04. The van der Waals surface area contributed by atoms with E-state index in [0.29, 0.717) is 17.3 Å². The second-order valence-corrected chi connectivity index (χ2v) is 7.26. The molecule has 2 N–H and O–H groups in total. The Kier molecular flexibility index (Phi) is 5.33. The van der Waals surface area contributed by atoms with Crippen LogP contribution in [0.2, 0.25) is 0 Å². The van der Waals surface area contributed by atoms with E-state index in [-0.39, 0.29) is 12.3 Å². The largest absolute Gasteiger partial charge is 0.459 e. The van der Waals surface area contributed by atoms with Gasteiger partial charge in [0, 0.05) is 18.3 Å². The molecule has 9 heteroatoms. The maximum atomic E-state index is 13.7. The molecule has 0 fully saturated rings. The SMILES string of the molecule is O=C(Nc1ccc(CNS(=O)(=O)c2ccc(F)cc2F)cc1)c1ccco1. The molecule has 2 aromatic carbocycles. The Balaban J connectivity index is 1.63. The summed E-state index contributed by atoms with van der Waals surface area (Å²) in [5.74, 6) is -2.29. The van der Waals surface area contributed by atoms with Gasteiger partial charge in [-0.15, -0.1) is 0 Å². The molecule has 1 amide bonds. The van der Waals surface area contributed by atoms with Gasteiger partial charge in [0.15, 0.2) is 5.76 Å². The predicted octanol–water partition coefficient (Wildman–Crippen LogP) is 3.29. The Morgan fingerprint density at radius 1 is 1.04 bits per heavy atom. The average Bonchev–Trinajstić information content (AvgIpc) is 3.16. The lowest BCUT2D eigenvalue weighted by atomic mass is 10.2. The third kappa shape index (κ3) is 4.57. The fourth-order valence-corrected chi connectivity index (χ4v) is 3.33. The molecule has 0 aliphatic carbocycles. The maximum Gasteiger partial charge on any atom is 0.291 e. The van der Waals surface area contributed by atoms with Crippen LogP contribution in [0.1, 0.15) is 16.1 Å². The van der Waals surface area contributed by atoms with Crippen LogP contribution in [0.3, 0.4) is 0 Å². The van der Waals surface area contributed by atoms with Gasteiger partial charge in [0.1, 0.15) is 16.5 Å². The summed E-state index contributed by atoms with van der Waals surface area (Å²) in [7, 11) is -4.14. The molecule has 6 nitrogen and oxygen atoms in total. The smallest absolute Gasteiger partial charge is 0.291 e. The van der Waals surface area contributed by atoms with E-state index in [4.69, 9.17) is 4.42 Å². The maximum absolute atomic E-state index is 13.7. The highest BCUT2D eigenvalue weighted by atomic mass is 32.2. The van der Waals surface area contributed by atoms with Crippen molar-refractivity contribution < 1.29 is 26.4 Å². The molecular weight excluding hydrogens is 378 g/mol. The van der Waals surface area contributed by atoms with Gasteiger partial charge in [0.05, 0.1) is 6.26 Å². The van der Waals surface area contributed by atoms with Gasteiger partial charge in [-0.2, -0.15) is 0 Å². The highest BCUT2D eigenvalue weighted by molar-refractivity contribution is 7.89. The molecule has 27 heavy (non-hydrogen) atoms. The molecule has 0 aliphatic heterocycles. The number of hydrogen-bond donors (Lipinski definition) is 2. The number of benzene rings is 2. The minimum atomic E-state index is -4.14. The van der Waals surface area contributed by atoms with Crippen molar-refractivity contribution >= 4 is 21.6 Å². The van der Waals surface area contributed by atoms with Gasteiger partial charge in [0.25, 0.3) is 5.91 Å². The van der Waals surface area contributed by atoms with Gasteiger partial charge in [0.2, 0.25) is 10.0 Å². The molecule has 0 spiro atoms. The summed E-state index contributed by atoms with van der Waals surface area (Å²) in [6.45, 7) is -0.106. The molecule has 0 radical (unpaired) electrons. The highest BCUT2D eigenvalue weighted by Crippen LogP contribution is 2.16. The first-order valence-corrected chi connectivity index (χ1v) is 9.22. The molecule has 0 bridgehead atoms. The molecule has 3 aromatic rings. The topological polar surface area (TPSA) is 88.4 Å². The van der Waals surface area contributed by atoms with Crippen LogP contribution in [-0.4, -0.2) is 14.3 Å². The van der Waals surface area contributed by atoms with Crippen molar-refractivity contribution in [3.05, 3.63) is 83.8 Å². The van der Waals surface area contributed by atoms with Gasteiger partial charge in [-0.1, -0.05) is 12.1 Å². The van der Waals surface area contributed by atoms with Crippen molar-refractivity contribution in [2.45, 2.75) is 11.4 Å². The second kappa shape index (κ2) is 7.68. The highest BCUT2D eigenvalue weighted by Gasteiger charge is 2.19. The number of furan rings is 1. The molecule has 140 valence electrons. The van der Waals surface area contributed by atoms with Crippen LogP contribution < -0.4 is 10.0 Å². The van der Waals surface area contributed by atoms with E-state index in [9.17, 15) is 22.0 Å². The van der Waals surface area contributed by atoms with Crippen molar-refractivity contribution in [3.8, 4) is 0 Å². The number of sulfonamides is 1. The van der Waals surface area contributed by atoms with Crippen LogP contribution in [0.4, 0.5) is 14.5 Å². The summed E-state index contributed by atoms with van der Waals surface area (Å²) in [5.41, 5.74) is 1.07. The standard InChI is InChI=1S/C18H14F2N2O4S/c19-13-5-8-17(15(20)10-13)27(24,25)21-11-12-3-6-14(7-4-12)22-18(23)16-2-1-9-26-16/h1-10,21H,11H2,(H,22,23). The first kappa shape index (κ1) is 18.7. The minimum Gasteiger partial charge on any atom is -0.459 e. The van der Waals surface area contributed by atoms with E-state index >= 15 is 0 Å². The Morgan fingerprint density at radius 2 is 1.78 bits per heavy atom. The van der Waals surface area contributed by atoms with Gasteiger partial charge in [-0.3, -0.25) is 4.79 Å². The number of carbonyl (C=O) groups excluding carboxylic acids is 1. The van der Waals surface area contributed by atoms with E-state index in [1.807, 2.05) is 0 Å². The first-order chi connectivity index (χ1) is 12.8. The zero-order valence-electron chi connectivity index (χ0n) is 13.8. The fraction of sp³-hybridized carbons (Fsp3) is 0.0556. The second-order valence-electron chi connectivity index (χ2n) is 5.53. The summed E-state index contributed by atoms with van der Waals surface area (Å²) < 4.78 is 58.1. The zero-order chi connectivity index (χ0) is 19.4. The molecule has 1 heterocycles. The number of amides is 1. The van der Waals surface area contributed by atoms with Gasteiger partial charge < -0.3 is 9.73 Å². The number of hydrogen-bond acceptors (Lipinski definition) is 4. The quantitative estimate of drug-likeness (QED) is 0.674. The normalized spacial score (nSPS) is 11.3. The third-order valence-electron chi connectivity index (χ3n) is 3.61. The van der Waals surface area contributed by atoms with Crippen LogP contribution >= 0.6 is 0 Å². The molecule has 0 aliphatic rings. The molecule has 0 unspecified atom stereocenters. The van der Waals surface area contributed by atoms with Crippen LogP contribution in [-0.2, 0) is 16.6 Å². The summed E-state index contributed by atoms with van der Waals surface area (Å²) in [4.78, 5) is 11.2. The van der Waals surface area contributed by atoms with E-state index in [1.54, 1.807) is 30.3 Å². The number of halogens is 2. The third-order valence-corrected chi connectivity index (χ3v) is 5.04. The first-order valence-electron chi connectivity index (χ1n) is 7.74. The van der Waals surface area contributed by atoms with Crippen LogP contribution in [0, 0.1) is 11.6 Å². The average molecular weight is 392 g/mol. The number of carbonyl (C=O) groups is 1. The summed E-state index contributed by atoms with van der Waals surface area (Å²) in [6.07, 6.45) is 1.38. The van der Waals surface area contributed by atoms with Crippen LogP contribution in [0.25, 0.3) is 0 Å². The number of anilines is 1. The van der Waals surface area contributed by atoms with E-state index in [1.165, 1.54) is 12.3 Å². The Bertz CT molecular complexity index is 1050. The van der Waals surface area contributed by atoms with Crippen LogP contribution in [0.5, 0.6) is 0 Å². The lowest BCUT2D eigenvalue weighted by Gasteiger charge is -2.09. The fourth-order valence-electron chi connectivity index (χ4n) is 2.26. The summed E-state index contributed by atoms with van der Waals surface area (Å²) in [6, 6.07) is 11.7. The van der Waals surface area contributed by atoms with Gasteiger partial charge in [-0.05, 0) is 42.0 Å². The lowest BCUT2D eigenvalue weighted by molar-refractivity contribution is 0.0996. The van der Waals surface area contributed by atoms with E-state index in [2.05, 4.69) is 10.0 Å². The Labute approximate surface area is 153 Å². The van der Waals surface area contributed by atoms with E-state index in [0.717, 1.165) is 12.1 Å². The van der Waals surface area contributed by atoms with E-state index < -0.39 is 32.5 Å². The summed E-state index contributed by atoms with van der Waals surface area (Å²) in [5, 5.41) is 2.63. The van der Waals surface area contributed by atoms with Crippen molar-refractivity contribution in [2.24, 2.45) is 0 Å². The molecule has 1 aromatic heterocycles. The molecule has 3 rings (SSSR count). The van der Waals surface area contributed by atoms with Crippen molar-refractivity contribution in [3.63, 3.8) is 0 Å². The molecule has 0 saturated heterocycles. The Morgan fingerprint density at radius 3 is 2.41 bits per heavy atom. The monoisotopic (exact) mass is 392 g/mol. The van der Waals surface area contributed by atoms with Crippen LogP contribution in [0.15, 0.2) is 70.2 Å². The predicted molar refractivity (Wildman–Crippen MR) is 93.5 cm³/mol. The zero-order valence-corrected chi connectivity index (χ0v) is 14.6. The number of nitrogens with one attached hydrogen (secondary N) is 2. The molecule has 0 saturated carbocycles. The molecular formula is C18H14F2N2O4S. The molecule has 0 atom stereocenters. The van der Waals surface area contributed by atoms with Gasteiger partial charge in [-0.25, -0.2) is 21.9 Å². The number of rotatable bonds is 6. The lowest BCUT2D eigenvalue weighted by Crippen LogP contribution is -2.24. The van der Waals surface area contributed by atoms with Crippen molar-refractivity contribution in [1.82, 2.24) is 4.72 Å². The van der Waals surface area contributed by atoms with Gasteiger partial charge >= 0.3 is 0 Å².